The smallest absolute Gasteiger partial charge is 0.335 e. The minimum atomic E-state index is -3.70. The van der Waals surface area contributed by atoms with Crippen molar-refractivity contribution >= 4 is 27.6 Å². The number of amides is 1. The molecule has 1 saturated carbocycles. The molecule has 1 fully saturated rings. The lowest BCUT2D eigenvalue weighted by molar-refractivity contribution is -0.113. The zero-order chi connectivity index (χ0) is 17.7. The normalized spacial score (nSPS) is 21.2. The van der Waals surface area contributed by atoms with E-state index in [1.54, 1.807) is 0 Å². The Kier molecular flexibility index (Phi) is 5.95. The molecule has 0 aliphatic heterocycles. The Labute approximate surface area is 141 Å². The lowest BCUT2D eigenvalue weighted by atomic mass is 9.88. The molecule has 1 aliphatic carbocycles. The number of carbonyl (C=O) groups excluding carboxylic acids is 1. The van der Waals surface area contributed by atoms with Crippen molar-refractivity contribution in [2.75, 3.05) is 11.1 Å². The molecule has 0 saturated heterocycles. The van der Waals surface area contributed by atoms with Gasteiger partial charge in [-0.3, -0.25) is 4.79 Å². The molecule has 0 radical (unpaired) electrons. The van der Waals surface area contributed by atoms with Gasteiger partial charge in [0.1, 0.15) is 5.75 Å². The van der Waals surface area contributed by atoms with E-state index >= 15 is 0 Å². The van der Waals surface area contributed by atoms with Gasteiger partial charge in [-0.25, -0.2) is 17.9 Å². The fourth-order valence-corrected chi connectivity index (χ4v) is 3.98. The highest BCUT2D eigenvalue weighted by atomic mass is 32.2. The van der Waals surface area contributed by atoms with Crippen LogP contribution in [0.25, 0.3) is 0 Å². The molecule has 2 rings (SSSR count). The molecular formula is C16H22N2O5S. The van der Waals surface area contributed by atoms with Gasteiger partial charge < -0.3 is 10.4 Å². The van der Waals surface area contributed by atoms with E-state index in [4.69, 9.17) is 5.11 Å². The van der Waals surface area contributed by atoms with Gasteiger partial charge in [-0.2, -0.15) is 0 Å². The minimum absolute atomic E-state index is 0.0915. The van der Waals surface area contributed by atoms with E-state index in [0.717, 1.165) is 25.7 Å². The van der Waals surface area contributed by atoms with E-state index in [9.17, 15) is 18.0 Å². The van der Waals surface area contributed by atoms with Crippen LogP contribution in [-0.4, -0.2) is 37.2 Å². The molecule has 0 aromatic heterocycles. The third kappa shape index (κ3) is 5.61. The van der Waals surface area contributed by atoms with Crippen molar-refractivity contribution in [1.29, 1.82) is 0 Å². The van der Waals surface area contributed by atoms with Crippen molar-refractivity contribution < 1.29 is 23.1 Å². The van der Waals surface area contributed by atoms with E-state index in [1.165, 1.54) is 24.3 Å². The quantitative estimate of drug-likeness (QED) is 0.721. The van der Waals surface area contributed by atoms with Gasteiger partial charge in [-0.05, 0) is 55.9 Å². The predicted octanol–water partition coefficient (Wildman–Crippen LogP) is 1.82. The van der Waals surface area contributed by atoms with Crippen LogP contribution in [-0.2, 0) is 14.8 Å². The number of carbonyl (C=O) groups is 2. The molecular weight excluding hydrogens is 332 g/mol. The summed E-state index contributed by atoms with van der Waals surface area (Å²) >= 11 is 0. The highest BCUT2D eigenvalue weighted by Crippen LogP contribution is 2.23. The van der Waals surface area contributed by atoms with Crippen LogP contribution in [0.1, 0.15) is 43.0 Å². The van der Waals surface area contributed by atoms with E-state index in [-0.39, 0.29) is 11.6 Å². The van der Waals surface area contributed by atoms with E-state index in [2.05, 4.69) is 17.0 Å². The van der Waals surface area contributed by atoms with Crippen molar-refractivity contribution in [2.24, 2.45) is 5.92 Å². The van der Waals surface area contributed by atoms with Gasteiger partial charge in [-0.1, -0.05) is 6.92 Å². The Morgan fingerprint density at radius 3 is 2.25 bits per heavy atom. The summed E-state index contributed by atoms with van der Waals surface area (Å²) in [6.45, 7) is 2.15. The van der Waals surface area contributed by atoms with Gasteiger partial charge in [0.2, 0.25) is 15.9 Å². The Balaban J connectivity index is 1.87. The summed E-state index contributed by atoms with van der Waals surface area (Å²) in [6.07, 6.45) is 3.54. The standard InChI is InChI=1S/C16H22N2O5S/c1-11-2-6-14(7-3-11)18-24(22,23)10-15(19)17-13-8-4-12(5-9-13)16(20)21/h4-5,8-9,11,14,18H,2-3,6-7,10H2,1H3,(H,17,19)(H,20,21). The SMILES string of the molecule is CC1CCC(NS(=O)(=O)CC(=O)Nc2ccc(C(=O)O)cc2)CC1. The molecule has 3 N–H and O–H groups in total. The second-order valence-corrected chi connectivity index (χ2v) is 8.02. The first-order valence-corrected chi connectivity index (χ1v) is 9.53. The summed E-state index contributed by atoms with van der Waals surface area (Å²) in [7, 11) is -3.70. The molecule has 132 valence electrons. The number of rotatable bonds is 6. The first-order valence-electron chi connectivity index (χ1n) is 7.88. The highest BCUT2D eigenvalue weighted by molar-refractivity contribution is 7.90. The van der Waals surface area contributed by atoms with Crippen LogP contribution >= 0.6 is 0 Å². The first-order chi connectivity index (χ1) is 11.2. The number of sulfonamides is 1. The molecule has 0 bridgehead atoms. The molecule has 1 amide bonds. The predicted molar refractivity (Wildman–Crippen MR) is 90.4 cm³/mol. The first kappa shape index (κ1) is 18.4. The maximum absolute atomic E-state index is 12.1. The van der Waals surface area contributed by atoms with Gasteiger partial charge in [0.25, 0.3) is 0 Å². The number of aromatic carboxylic acids is 1. The second-order valence-electron chi connectivity index (χ2n) is 6.26. The molecule has 1 aromatic carbocycles. The average molecular weight is 354 g/mol. The maximum atomic E-state index is 12.1. The number of carboxylic acids is 1. The van der Waals surface area contributed by atoms with Gasteiger partial charge in [-0.15, -0.1) is 0 Å². The number of nitrogens with one attached hydrogen (secondary N) is 2. The molecule has 24 heavy (non-hydrogen) atoms. The maximum Gasteiger partial charge on any atom is 0.335 e. The zero-order valence-electron chi connectivity index (χ0n) is 13.5. The van der Waals surface area contributed by atoms with Crippen molar-refractivity contribution in [2.45, 2.75) is 38.6 Å². The summed E-state index contributed by atoms with van der Waals surface area (Å²) in [5.41, 5.74) is 0.445. The topological polar surface area (TPSA) is 113 Å². The van der Waals surface area contributed by atoms with Crippen molar-refractivity contribution in [3.8, 4) is 0 Å². The average Bonchev–Trinajstić information content (AvgIpc) is 2.49. The molecule has 0 spiro atoms. The minimum Gasteiger partial charge on any atom is -0.478 e. The Morgan fingerprint density at radius 1 is 1.12 bits per heavy atom. The lowest BCUT2D eigenvalue weighted by Crippen LogP contribution is -2.41. The monoisotopic (exact) mass is 354 g/mol. The molecule has 0 atom stereocenters. The summed E-state index contributed by atoms with van der Waals surface area (Å²) in [5, 5.41) is 11.3. The lowest BCUT2D eigenvalue weighted by Gasteiger charge is -2.26. The molecule has 0 unspecified atom stereocenters. The van der Waals surface area contributed by atoms with Crippen LogP contribution < -0.4 is 10.0 Å². The van der Waals surface area contributed by atoms with E-state index < -0.39 is 27.7 Å². The van der Waals surface area contributed by atoms with Crippen molar-refractivity contribution in [3.63, 3.8) is 0 Å². The Hall–Kier alpha value is -1.93. The molecule has 1 aromatic rings. The van der Waals surface area contributed by atoms with Crippen molar-refractivity contribution in [3.05, 3.63) is 29.8 Å². The third-order valence-corrected chi connectivity index (χ3v) is 5.43. The number of hydrogen-bond acceptors (Lipinski definition) is 4. The van der Waals surface area contributed by atoms with Gasteiger partial charge in [0.15, 0.2) is 0 Å². The third-order valence-electron chi connectivity index (χ3n) is 4.10. The molecule has 0 heterocycles. The van der Waals surface area contributed by atoms with Gasteiger partial charge in [0, 0.05) is 11.7 Å². The molecule has 7 nitrogen and oxygen atoms in total. The summed E-state index contributed by atoms with van der Waals surface area (Å²) < 4.78 is 26.7. The number of anilines is 1. The Morgan fingerprint density at radius 2 is 1.71 bits per heavy atom. The van der Waals surface area contributed by atoms with Crippen LogP contribution in [0.3, 0.4) is 0 Å². The van der Waals surface area contributed by atoms with Crippen LogP contribution in [0, 0.1) is 5.92 Å². The number of benzene rings is 1. The zero-order valence-corrected chi connectivity index (χ0v) is 14.3. The van der Waals surface area contributed by atoms with E-state index in [0.29, 0.717) is 11.6 Å². The van der Waals surface area contributed by atoms with Crippen LogP contribution in [0.5, 0.6) is 0 Å². The second kappa shape index (κ2) is 7.76. The van der Waals surface area contributed by atoms with Crippen molar-refractivity contribution in [1.82, 2.24) is 4.72 Å². The number of carboxylic acid groups (broad SMARTS) is 1. The summed E-state index contributed by atoms with van der Waals surface area (Å²) in [4.78, 5) is 22.7. The summed E-state index contributed by atoms with van der Waals surface area (Å²) in [5.74, 6) is -1.77. The van der Waals surface area contributed by atoms with Gasteiger partial charge >= 0.3 is 5.97 Å². The Bertz CT molecular complexity index is 692. The molecule has 1 aliphatic rings. The van der Waals surface area contributed by atoms with Crippen LogP contribution in [0.4, 0.5) is 5.69 Å². The van der Waals surface area contributed by atoms with Crippen LogP contribution in [0.2, 0.25) is 0 Å². The number of hydrogen-bond donors (Lipinski definition) is 3. The highest BCUT2D eigenvalue weighted by Gasteiger charge is 2.24. The van der Waals surface area contributed by atoms with Gasteiger partial charge in [0.05, 0.1) is 5.56 Å². The summed E-state index contributed by atoms with van der Waals surface area (Å²) in [6, 6.07) is 5.42. The molecule has 8 heteroatoms. The largest absolute Gasteiger partial charge is 0.478 e. The fourth-order valence-electron chi connectivity index (χ4n) is 2.74. The van der Waals surface area contributed by atoms with Crippen LogP contribution in [0.15, 0.2) is 24.3 Å². The fraction of sp³-hybridized carbons (Fsp3) is 0.500. The van der Waals surface area contributed by atoms with E-state index in [1.807, 2.05) is 0 Å².